The van der Waals surface area contributed by atoms with Crippen LogP contribution in [0.3, 0.4) is 0 Å². The van der Waals surface area contributed by atoms with Crippen molar-refractivity contribution >= 4 is 0 Å². The smallest absolute Gasteiger partial charge is 0.123 e. The first-order chi connectivity index (χ1) is 12.7. The number of hydrogen-bond donors (Lipinski definition) is 0. The van der Waals surface area contributed by atoms with Gasteiger partial charge in [0, 0.05) is 39.9 Å². The number of ether oxygens (including phenoxy) is 2. The van der Waals surface area contributed by atoms with Crippen molar-refractivity contribution < 1.29 is 13.9 Å². The Morgan fingerprint density at radius 2 is 2.08 bits per heavy atom. The van der Waals surface area contributed by atoms with Gasteiger partial charge in [0.1, 0.15) is 5.82 Å². The number of benzene rings is 1. The van der Waals surface area contributed by atoms with Gasteiger partial charge in [-0.2, -0.15) is 0 Å². The molecule has 2 aliphatic heterocycles. The van der Waals surface area contributed by atoms with Gasteiger partial charge in [0.05, 0.1) is 12.7 Å². The third-order valence-electron chi connectivity index (χ3n) is 5.62. The number of nitrogens with zero attached hydrogens (tertiary/aromatic N) is 2. The molecular formula is C21H33FN2O2. The molecule has 2 heterocycles. The van der Waals surface area contributed by atoms with Crippen LogP contribution in [0.1, 0.15) is 31.2 Å². The summed E-state index contributed by atoms with van der Waals surface area (Å²) < 4.78 is 24.6. The maximum Gasteiger partial charge on any atom is 0.123 e. The molecule has 2 saturated heterocycles. The summed E-state index contributed by atoms with van der Waals surface area (Å²) in [5.74, 6) is 0.565. The number of rotatable bonds is 9. The zero-order chi connectivity index (χ0) is 18.2. The average molecular weight is 365 g/mol. The van der Waals surface area contributed by atoms with E-state index < -0.39 is 0 Å². The van der Waals surface area contributed by atoms with Crippen LogP contribution < -0.4 is 0 Å². The fraction of sp³-hybridized carbons (Fsp3) is 0.714. The van der Waals surface area contributed by atoms with Crippen molar-refractivity contribution in [2.24, 2.45) is 5.92 Å². The Kier molecular flexibility index (Phi) is 7.86. The largest absolute Gasteiger partial charge is 0.383 e. The molecule has 1 aromatic rings. The van der Waals surface area contributed by atoms with Crippen LogP contribution in [-0.4, -0.2) is 69.0 Å². The van der Waals surface area contributed by atoms with E-state index in [1.807, 2.05) is 12.1 Å². The van der Waals surface area contributed by atoms with Crippen LogP contribution in [0.4, 0.5) is 4.39 Å². The van der Waals surface area contributed by atoms with Crippen LogP contribution in [0.2, 0.25) is 0 Å². The van der Waals surface area contributed by atoms with Crippen molar-refractivity contribution in [1.29, 1.82) is 0 Å². The average Bonchev–Trinajstić information content (AvgIpc) is 3.14. The van der Waals surface area contributed by atoms with Gasteiger partial charge in [0.2, 0.25) is 0 Å². The van der Waals surface area contributed by atoms with Gasteiger partial charge < -0.3 is 14.4 Å². The molecule has 0 saturated carbocycles. The number of likely N-dealkylation sites (tertiary alicyclic amines) is 1. The molecular weight excluding hydrogens is 331 g/mol. The van der Waals surface area contributed by atoms with E-state index in [9.17, 15) is 4.39 Å². The van der Waals surface area contributed by atoms with Gasteiger partial charge in [-0.3, -0.25) is 4.90 Å². The molecule has 0 spiro atoms. The summed E-state index contributed by atoms with van der Waals surface area (Å²) in [6.07, 6.45) is 5.11. The first-order valence-corrected chi connectivity index (χ1v) is 10.0. The molecule has 5 heteroatoms. The van der Waals surface area contributed by atoms with Crippen molar-refractivity contribution in [3.05, 3.63) is 35.6 Å². The summed E-state index contributed by atoms with van der Waals surface area (Å²) in [4.78, 5) is 4.98. The van der Waals surface area contributed by atoms with Gasteiger partial charge in [-0.25, -0.2) is 4.39 Å². The Labute approximate surface area is 157 Å². The zero-order valence-electron chi connectivity index (χ0n) is 16.0. The number of halogens is 1. The van der Waals surface area contributed by atoms with Gasteiger partial charge in [-0.1, -0.05) is 12.1 Å². The highest BCUT2D eigenvalue weighted by molar-refractivity contribution is 5.16. The molecule has 146 valence electrons. The lowest BCUT2D eigenvalue weighted by Gasteiger charge is -2.35. The minimum atomic E-state index is -0.147. The lowest BCUT2D eigenvalue weighted by Crippen LogP contribution is -2.41. The molecule has 1 aromatic carbocycles. The molecule has 2 aliphatic rings. The number of hydrogen-bond acceptors (Lipinski definition) is 4. The Morgan fingerprint density at radius 1 is 1.23 bits per heavy atom. The highest BCUT2D eigenvalue weighted by Crippen LogP contribution is 2.22. The predicted octanol–water partition coefficient (Wildman–Crippen LogP) is 3.17. The van der Waals surface area contributed by atoms with E-state index in [1.54, 1.807) is 13.2 Å². The van der Waals surface area contributed by atoms with Gasteiger partial charge in [0.25, 0.3) is 0 Å². The SMILES string of the molecule is COCCN1CCC(CN(Cc2cccc(F)c2)C[C@H]2CCCO2)CC1. The zero-order valence-corrected chi connectivity index (χ0v) is 16.0. The van der Waals surface area contributed by atoms with E-state index >= 15 is 0 Å². The molecule has 1 atom stereocenters. The first kappa shape index (κ1) is 19.7. The highest BCUT2D eigenvalue weighted by Gasteiger charge is 2.24. The Hall–Kier alpha value is -1.01. The van der Waals surface area contributed by atoms with Crippen molar-refractivity contribution in [1.82, 2.24) is 9.80 Å². The van der Waals surface area contributed by atoms with Crippen molar-refractivity contribution in [2.45, 2.75) is 38.3 Å². The van der Waals surface area contributed by atoms with Crippen LogP contribution in [-0.2, 0) is 16.0 Å². The maximum atomic E-state index is 13.6. The second kappa shape index (κ2) is 10.4. The highest BCUT2D eigenvalue weighted by atomic mass is 19.1. The fourth-order valence-corrected chi connectivity index (χ4v) is 4.15. The minimum Gasteiger partial charge on any atom is -0.383 e. The van der Waals surface area contributed by atoms with Gasteiger partial charge in [0.15, 0.2) is 0 Å². The molecule has 0 aliphatic carbocycles. The topological polar surface area (TPSA) is 24.9 Å². The molecule has 3 rings (SSSR count). The molecule has 4 nitrogen and oxygen atoms in total. The Morgan fingerprint density at radius 3 is 2.77 bits per heavy atom. The molecule has 0 aromatic heterocycles. The van der Waals surface area contributed by atoms with Gasteiger partial charge in [-0.05, 0) is 62.4 Å². The van der Waals surface area contributed by atoms with E-state index in [2.05, 4.69) is 9.80 Å². The van der Waals surface area contributed by atoms with Crippen LogP contribution in [0, 0.1) is 11.7 Å². The van der Waals surface area contributed by atoms with E-state index in [1.165, 1.54) is 18.9 Å². The quantitative estimate of drug-likeness (QED) is 0.672. The number of piperidine rings is 1. The Bertz CT molecular complexity index is 528. The van der Waals surface area contributed by atoms with E-state index in [4.69, 9.17) is 9.47 Å². The lowest BCUT2D eigenvalue weighted by molar-refractivity contribution is 0.0551. The molecule has 0 amide bonds. The van der Waals surface area contributed by atoms with Crippen LogP contribution in [0.15, 0.2) is 24.3 Å². The summed E-state index contributed by atoms with van der Waals surface area (Å²) >= 11 is 0. The molecule has 0 radical (unpaired) electrons. The third-order valence-corrected chi connectivity index (χ3v) is 5.62. The van der Waals surface area contributed by atoms with Crippen molar-refractivity contribution in [2.75, 3.05) is 53.0 Å². The normalized spacial score (nSPS) is 22.3. The lowest BCUT2D eigenvalue weighted by atomic mass is 9.95. The summed E-state index contributed by atoms with van der Waals surface area (Å²) in [6, 6.07) is 7.02. The van der Waals surface area contributed by atoms with Crippen LogP contribution in [0.25, 0.3) is 0 Å². The van der Waals surface area contributed by atoms with Crippen molar-refractivity contribution in [3.8, 4) is 0 Å². The monoisotopic (exact) mass is 364 g/mol. The summed E-state index contributed by atoms with van der Waals surface area (Å²) in [6.45, 7) is 7.89. The van der Waals surface area contributed by atoms with E-state index in [0.717, 1.165) is 70.9 Å². The summed E-state index contributed by atoms with van der Waals surface area (Å²) in [5, 5.41) is 0. The van der Waals surface area contributed by atoms with E-state index in [-0.39, 0.29) is 5.82 Å². The summed E-state index contributed by atoms with van der Waals surface area (Å²) in [7, 11) is 1.77. The second-order valence-electron chi connectivity index (χ2n) is 7.74. The Balaban J connectivity index is 1.53. The minimum absolute atomic E-state index is 0.147. The molecule has 26 heavy (non-hydrogen) atoms. The molecule has 0 unspecified atom stereocenters. The van der Waals surface area contributed by atoms with Crippen molar-refractivity contribution in [3.63, 3.8) is 0 Å². The second-order valence-corrected chi connectivity index (χ2v) is 7.74. The number of methoxy groups -OCH3 is 1. The van der Waals surface area contributed by atoms with Crippen LogP contribution >= 0.6 is 0 Å². The van der Waals surface area contributed by atoms with Gasteiger partial charge >= 0.3 is 0 Å². The predicted molar refractivity (Wildman–Crippen MR) is 102 cm³/mol. The summed E-state index contributed by atoms with van der Waals surface area (Å²) in [5.41, 5.74) is 1.06. The molecule has 2 fully saturated rings. The standard InChI is InChI=1S/C21H33FN2O2/c1-25-13-11-23-9-7-18(8-10-23)15-24(17-21-6-3-12-26-21)16-19-4-2-5-20(22)14-19/h2,4-5,14,18,21H,3,6-13,15-17H2,1H3/t21-/m1/s1. The molecule has 0 bridgehead atoms. The fourth-order valence-electron chi connectivity index (χ4n) is 4.15. The maximum absolute atomic E-state index is 13.6. The van der Waals surface area contributed by atoms with Crippen LogP contribution in [0.5, 0.6) is 0 Å². The molecule has 0 N–H and O–H groups in total. The first-order valence-electron chi connectivity index (χ1n) is 10.0. The van der Waals surface area contributed by atoms with Gasteiger partial charge in [-0.15, -0.1) is 0 Å². The van der Waals surface area contributed by atoms with E-state index in [0.29, 0.717) is 12.0 Å². The third kappa shape index (κ3) is 6.31.